The zero-order valence-electron chi connectivity index (χ0n) is 29.8. The van der Waals surface area contributed by atoms with Gasteiger partial charge in [-0.25, -0.2) is 14.8 Å². The lowest BCUT2D eigenvalue weighted by Crippen LogP contribution is -2.61. The Bertz CT molecular complexity index is 2330. The van der Waals surface area contributed by atoms with Gasteiger partial charge in [0.25, 0.3) is 5.92 Å². The number of fused-ring (bicyclic) bond motifs is 5. The fourth-order valence-corrected chi connectivity index (χ4v) is 9.18. The number of hydrogen-bond acceptors (Lipinski definition) is 6. The van der Waals surface area contributed by atoms with Gasteiger partial charge in [-0.15, -0.1) is 0 Å². The van der Waals surface area contributed by atoms with Crippen molar-refractivity contribution in [1.82, 2.24) is 35.5 Å². The molecule has 4 heterocycles. The van der Waals surface area contributed by atoms with E-state index in [2.05, 4.69) is 25.6 Å². The van der Waals surface area contributed by atoms with Crippen molar-refractivity contribution in [3.8, 4) is 33.5 Å². The van der Waals surface area contributed by atoms with Crippen LogP contribution in [0.25, 0.3) is 44.5 Å². The number of H-pyrrole nitrogens is 2. The van der Waals surface area contributed by atoms with Crippen LogP contribution in [0.2, 0.25) is 0 Å². The highest BCUT2D eigenvalue weighted by atomic mass is 19.3. The van der Waals surface area contributed by atoms with Gasteiger partial charge in [0.15, 0.2) is 0 Å². The molecule has 5 atom stereocenters. The van der Waals surface area contributed by atoms with Gasteiger partial charge in [0, 0.05) is 29.3 Å². The topological polar surface area (TPSA) is 128 Å². The summed E-state index contributed by atoms with van der Waals surface area (Å²) in [5, 5.41) is 6.29. The van der Waals surface area contributed by atoms with Crippen LogP contribution in [-0.2, 0) is 15.5 Å². The molecule has 2 aliphatic heterocycles. The minimum absolute atomic E-state index is 0.0114. The molecular formula is C41H41F2N7O3. The predicted molar refractivity (Wildman–Crippen MR) is 195 cm³/mol. The van der Waals surface area contributed by atoms with E-state index >= 15 is 8.78 Å². The number of hydrogen-bond donors (Lipinski definition) is 4. The minimum Gasteiger partial charge on any atom is -0.453 e. The van der Waals surface area contributed by atoms with Crippen LogP contribution < -0.4 is 10.6 Å². The smallest absolute Gasteiger partial charge is 0.407 e. The second kappa shape index (κ2) is 11.4. The number of halogens is 2. The number of carbonyl (C=O) groups excluding carboxylic acids is 2. The summed E-state index contributed by atoms with van der Waals surface area (Å²) in [5.41, 5.74) is 5.56. The number of benzene rings is 3. The predicted octanol–water partition coefficient (Wildman–Crippen LogP) is 7.60. The van der Waals surface area contributed by atoms with Crippen molar-refractivity contribution in [2.24, 2.45) is 17.3 Å². The first-order valence-corrected chi connectivity index (χ1v) is 18.7. The maximum atomic E-state index is 16.4. The maximum absolute atomic E-state index is 16.4. The number of amides is 2. The third-order valence-corrected chi connectivity index (χ3v) is 12.6. The van der Waals surface area contributed by atoms with Gasteiger partial charge < -0.3 is 30.2 Å². The standard InChI is InChI=1S/C41H41F2N7O3/c1-20(2)34(49-39(52)53-3)38(51)50-19-40(12-13-40)17-33(50)36-44-18-32(48-36)23-5-8-25-24-7-4-21(14-27(24)41(42,43)28(25)15-23)22-6-10-30-31(16-22)47-37(46-30)35-26-9-11-29(26)45-35/h4-8,10,14-16,18,20,26,29,33-35,45H,9,11-13,17,19H2,1-3H3,(H,44,48)(H,46,47)(H,49,52)/t26-,29+,33-,34-,35-/m0/s1. The number of nitrogens with zero attached hydrogens (tertiary/aromatic N) is 3. The summed E-state index contributed by atoms with van der Waals surface area (Å²) in [6.07, 6.45) is 6.26. The van der Waals surface area contributed by atoms with Gasteiger partial charge in [-0.3, -0.25) is 4.79 Å². The summed E-state index contributed by atoms with van der Waals surface area (Å²) in [6, 6.07) is 16.2. The third-order valence-electron chi connectivity index (χ3n) is 12.6. The molecule has 3 aromatic carbocycles. The number of piperidine rings is 1. The van der Waals surface area contributed by atoms with Crippen LogP contribution >= 0.6 is 0 Å². The van der Waals surface area contributed by atoms with E-state index in [1.807, 2.05) is 49.1 Å². The van der Waals surface area contributed by atoms with Crippen molar-refractivity contribution >= 4 is 23.0 Å². The summed E-state index contributed by atoms with van der Waals surface area (Å²) in [4.78, 5) is 44.1. The number of aromatic nitrogens is 4. The Morgan fingerprint density at radius 3 is 2.32 bits per heavy atom. The Labute approximate surface area is 305 Å². The van der Waals surface area contributed by atoms with Crippen molar-refractivity contribution in [2.75, 3.05) is 13.7 Å². The number of likely N-dealkylation sites (tertiary alicyclic amines) is 1. The SMILES string of the molecule is COC(=O)N[C@H](C(=O)N1CC2(CC2)C[C@H]1c1ncc(-c2ccc3c(c2)C(F)(F)c2cc(-c4ccc5nc([C@H]6N[C@@H]7CC[C@H]67)[nH]c5c4)ccc2-3)[nH]1)C(C)C. The van der Waals surface area contributed by atoms with Gasteiger partial charge in [-0.05, 0) is 95.9 Å². The van der Waals surface area contributed by atoms with Crippen molar-refractivity contribution in [3.63, 3.8) is 0 Å². The Morgan fingerprint density at radius 2 is 1.66 bits per heavy atom. The van der Waals surface area contributed by atoms with Gasteiger partial charge in [-0.2, -0.15) is 8.78 Å². The van der Waals surface area contributed by atoms with Crippen LogP contribution in [0.4, 0.5) is 13.6 Å². The van der Waals surface area contributed by atoms with Crippen molar-refractivity contribution in [2.45, 2.75) is 76.0 Å². The van der Waals surface area contributed by atoms with Crippen LogP contribution in [0.5, 0.6) is 0 Å². The van der Waals surface area contributed by atoms with Crippen molar-refractivity contribution < 1.29 is 23.1 Å². The average molecular weight is 718 g/mol. The highest BCUT2D eigenvalue weighted by Gasteiger charge is 2.55. The molecule has 10 rings (SSSR count). The summed E-state index contributed by atoms with van der Waals surface area (Å²) in [7, 11) is 1.28. The fraction of sp³-hybridized carbons (Fsp3) is 0.415. The van der Waals surface area contributed by atoms with E-state index in [-0.39, 0.29) is 40.5 Å². The van der Waals surface area contributed by atoms with Crippen molar-refractivity contribution in [3.05, 3.63) is 83.6 Å². The number of ether oxygens (including phenoxy) is 1. The summed E-state index contributed by atoms with van der Waals surface area (Å²) in [5.74, 6) is -1.34. The Kier molecular flexibility index (Phi) is 7.03. The van der Waals surface area contributed by atoms with Gasteiger partial charge in [0.2, 0.25) is 5.91 Å². The summed E-state index contributed by atoms with van der Waals surface area (Å²) < 4.78 is 37.6. The molecule has 2 aromatic heterocycles. The van der Waals surface area contributed by atoms with Crippen LogP contribution in [0.1, 0.15) is 80.8 Å². The number of carbonyl (C=O) groups is 2. The van der Waals surface area contributed by atoms with Gasteiger partial charge in [0.1, 0.15) is 17.7 Å². The molecule has 0 bridgehead atoms. The zero-order valence-corrected chi connectivity index (χ0v) is 29.8. The molecule has 272 valence electrons. The molecule has 12 heteroatoms. The number of methoxy groups -OCH3 is 1. The molecule has 2 saturated carbocycles. The minimum atomic E-state index is -3.20. The lowest BCUT2D eigenvalue weighted by Gasteiger charge is -2.53. The van der Waals surface area contributed by atoms with Crippen LogP contribution in [0, 0.1) is 17.3 Å². The van der Waals surface area contributed by atoms with Gasteiger partial charge in [0.05, 0.1) is 42.1 Å². The molecule has 5 aromatic rings. The second-order valence-corrected chi connectivity index (χ2v) is 16.2. The molecule has 0 unspecified atom stereocenters. The summed E-state index contributed by atoms with van der Waals surface area (Å²) in [6.45, 7) is 4.35. The van der Waals surface area contributed by atoms with Crippen LogP contribution in [0.15, 0.2) is 60.8 Å². The quantitative estimate of drug-likeness (QED) is 0.137. The van der Waals surface area contributed by atoms with E-state index in [1.165, 1.54) is 20.0 Å². The van der Waals surface area contributed by atoms with E-state index in [9.17, 15) is 9.59 Å². The maximum Gasteiger partial charge on any atom is 0.407 e. The second-order valence-electron chi connectivity index (χ2n) is 16.2. The molecule has 2 amide bonds. The highest BCUT2D eigenvalue weighted by Crippen LogP contribution is 2.59. The third kappa shape index (κ3) is 5.04. The Morgan fingerprint density at radius 1 is 0.943 bits per heavy atom. The van der Waals surface area contributed by atoms with E-state index in [1.54, 1.807) is 30.5 Å². The summed E-state index contributed by atoms with van der Waals surface area (Å²) >= 11 is 0. The zero-order chi connectivity index (χ0) is 36.4. The molecule has 5 aliphatic rings. The first-order valence-electron chi connectivity index (χ1n) is 18.7. The van der Waals surface area contributed by atoms with Gasteiger partial charge >= 0.3 is 6.09 Å². The monoisotopic (exact) mass is 717 g/mol. The van der Waals surface area contributed by atoms with E-state index in [0.717, 1.165) is 47.2 Å². The van der Waals surface area contributed by atoms with Crippen molar-refractivity contribution in [1.29, 1.82) is 0 Å². The number of alkyl carbamates (subject to hydrolysis) is 1. The average Bonchev–Trinajstić information content (AvgIpc) is 3.48. The molecule has 0 radical (unpaired) electrons. The Hall–Kier alpha value is -5.10. The lowest BCUT2D eigenvalue weighted by molar-refractivity contribution is -0.135. The van der Waals surface area contributed by atoms with Gasteiger partial charge in [-0.1, -0.05) is 44.2 Å². The van der Waals surface area contributed by atoms with E-state index < -0.39 is 18.1 Å². The highest BCUT2D eigenvalue weighted by molar-refractivity contribution is 5.88. The largest absolute Gasteiger partial charge is 0.453 e. The molecule has 53 heavy (non-hydrogen) atoms. The van der Waals surface area contributed by atoms with Crippen LogP contribution in [-0.4, -0.2) is 62.6 Å². The first-order chi connectivity index (χ1) is 25.5. The molecule has 3 aliphatic carbocycles. The van der Waals surface area contributed by atoms with E-state index in [0.29, 0.717) is 46.7 Å². The number of aromatic amines is 2. The molecular weight excluding hydrogens is 676 g/mol. The molecule has 4 N–H and O–H groups in total. The Balaban J connectivity index is 0.915. The lowest BCUT2D eigenvalue weighted by atomic mass is 9.67. The first kappa shape index (κ1) is 32.5. The van der Waals surface area contributed by atoms with Crippen LogP contribution in [0.3, 0.4) is 0 Å². The molecule has 1 spiro atoms. The number of rotatable bonds is 7. The molecule has 4 fully saturated rings. The number of alkyl halides is 2. The number of imidazole rings is 2. The molecule has 10 nitrogen and oxygen atoms in total. The molecule has 2 saturated heterocycles. The fourth-order valence-electron chi connectivity index (χ4n) is 9.18. The normalized spacial score (nSPS) is 24.7. The number of nitrogens with one attached hydrogen (secondary N) is 4. The van der Waals surface area contributed by atoms with E-state index in [4.69, 9.17) is 9.72 Å².